The van der Waals surface area contributed by atoms with Crippen LogP contribution in [0.15, 0.2) is 0 Å². The number of hydrogen-bond acceptors (Lipinski definition) is 2. The number of primary amides is 1. The quantitative estimate of drug-likeness (QED) is 0.367. The number of nitrogens with two attached hydrogens (primary N) is 1. The van der Waals surface area contributed by atoms with Crippen LogP contribution >= 0.6 is 0 Å². The predicted molar refractivity (Wildman–Crippen MR) is 94.7 cm³/mol. The van der Waals surface area contributed by atoms with Gasteiger partial charge in [-0.2, -0.15) is 0 Å². The molecule has 132 valence electrons. The molecule has 0 saturated carbocycles. The molecule has 1 amide bonds. The van der Waals surface area contributed by atoms with E-state index in [1.807, 2.05) is 0 Å². The summed E-state index contributed by atoms with van der Waals surface area (Å²) in [5, 5.41) is 9.92. The maximum Gasteiger partial charge on any atom is 0.217 e. The summed E-state index contributed by atoms with van der Waals surface area (Å²) in [6.07, 6.45) is 18.3. The first-order valence-corrected chi connectivity index (χ1v) is 9.63. The van der Waals surface area contributed by atoms with Gasteiger partial charge in [-0.25, -0.2) is 0 Å². The molecule has 0 heterocycles. The van der Waals surface area contributed by atoms with Gasteiger partial charge in [0.15, 0.2) is 0 Å². The van der Waals surface area contributed by atoms with Crippen LogP contribution in [-0.2, 0) is 4.79 Å². The minimum Gasteiger partial charge on any atom is -0.393 e. The van der Waals surface area contributed by atoms with Crippen molar-refractivity contribution in [3.05, 3.63) is 0 Å². The van der Waals surface area contributed by atoms with Gasteiger partial charge in [-0.05, 0) is 19.3 Å². The molecule has 22 heavy (non-hydrogen) atoms. The van der Waals surface area contributed by atoms with Gasteiger partial charge in [-0.15, -0.1) is 0 Å². The molecular weight excluding hydrogens is 274 g/mol. The van der Waals surface area contributed by atoms with Gasteiger partial charge in [0.25, 0.3) is 0 Å². The lowest BCUT2D eigenvalue weighted by molar-refractivity contribution is -0.118. The van der Waals surface area contributed by atoms with E-state index in [2.05, 4.69) is 6.92 Å². The standard InChI is InChI=1S/C19H39NO2/c1-2-3-4-5-6-7-8-9-12-15-18(21)16-13-10-11-14-17-19(20)22/h18,21H,2-17H2,1H3,(H2,20,22). The van der Waals surface area contributed by atoms with E-state index in [0.717, 1.165) is 44.9 Å². The molecule has 0 rings (SSSR count). The van der Waals surface area contributed by atoms with Crippen molar-refractivity contribution in [2.24, 2.45) is 5.73 Å². The number of aliphatic hydroxyl groups excluding tert-OH is 1. The average molecular weight is 314 g/mol. The Balaban J connectivity index is 3.16. The Labute approximate surface area is 138 Å². The Morgan fingerprint density at radius 1 is 0.773 bits per heavy atom. The minimum absolute atomic E-state index is 0.124. The van der Waals surface area contributed by atoms with E-state index in [-0.39, 0.29) is 12.0 Å². The molecule has 3 heteroatoms. The van der Waals surface area contributed by atoms with Gasteiger partial charge in [0.2, 0.25) is 5.91 Å². The van der Waals surface area contributed by atoms with E-state index in [1.165, 1.54) is 51.4 Å². The number of aliphatic hydroxyl groups is 1. The summed E-state index contributed by atoms with van der Waals surface area (Å²) >= 11 is 0. The third-order valence-corrected chi connectivity index (χ3v) is 4.35. The molecule has 3 N–H and O–H groups in total. The lowest BCUT2D eigenvalue weighted by Gasteiger charge is -2.10. The van der Waals surface area contributed by atoms with Crippen molar-refractivity contribution in [3.8, 4) is 0 Å². The Morgan fingerprint density at radius 2 is 1.18 bits per heavy atom. The zero-order valence-electron chi connectivity index (χ0n) is 14.8. The number of rotatable bonds is 17. The summed E-state index contributed by atoms with van der Waals surface area (Å²) in [6.45, 7) is 2.26. The summed E-state index contributed by atoms with van der Waals surface area (Å²) in [6, 6.07) is 0. The van der Waals surface area contributed by atoms with Crippen LogP contribution in [0.1, 0.15) is 110 Å². The molecule has 0 bridgehead atoms. The van der Waals surface area contributed by atoms with Gasteiger partial charge in [0.1, 0.15) is 0 Å². The van der Waals surface area contributed by atoms with Crippen molar-refractivity contribution >= 4 is 5.91 Å². The highest BCUT2D eigenvalue weighted by molar-refractivity contribution is 5.73. The van der Waals surface area contributed by atoms with Crippen LogP contribution in [0.5, 0.6) is 0 Å². The fourth-order valence-corrected chi connectivity index (χ4v) is 2.87. The maximum absolute atomic E-state index is 10.6. The SMILES string of the molecule is CCCCCCCCCCCC(O)CCCCCCC(N)=O. The highest BCUT2D eigenvalue weighted by Crippen LogP contribution is 2.14. The van der Waals surface area contributed by atoms with Crippen molar-refractivity contribution in [2.75, 3.05) is 0 Å². The molecule has 0 radical (unpaired) electrons. The molecular formula is C19H39NO2. The summed E-state index contributed by atoms with van der Waals surface area (Å²) in [5.41, 5.74) is 5.10. The van der Waals surface area contributed by atoms with E-state index >= 15 is 0 Å². The Morgan fingerprint density at radius 3 is 1.64 bits per heavy atom. The highest BCUT2D eigenvalue weighted by atomic mass is 16.3. The summed E-state index contributed by atoms with van der Waals surface area (Å²) in [5.74, 6) is -0.203. The first kappa shape index (κ1) is 21.4. The van der Waals surface area contributed by atoms with Crippen LogP contribution in [-0.4, -0.2) is 17.1 Å². The molecule has 0 aromatic rings. The van der Waals surface area contributed by atoms with Crippen LogP contribution in [0.25, 0.3) is 0 Å². The first-order valence-electron chi connectivity index (χ1n) is 9.63. The largest absolute Gasteiger partial charge is 0.393 e. The van der Waals surface area contributed by atoms with Crippen molar-refractivity contribution in [1.82, 2.24) is 0 Å². The second kappa shape index (κ2) is 16.8. The smallest absolute Gasteiger partial charge is 0.217 e. The van der Waals surface area contributed by atoms with E-state index < -0.39 is 0 Å². The van der Waals surface area contributed by atoms with E-state index in [4.69, 9.17) is 5.73 Å². The summed E-state index contributed by atoms with van der Waals surface area (Å²) < 4.78 is 0. The monoisotopic (exact) mass is 313 g/mol. The predicted octanol–water partition coefficient (Wildman–Crippen LogP) is 5.09. The number of amides is 1. The lowest BCUT2D eigenvalue weighted by Crippen LogP contribution is -2.09. The topological polar surface area (TPSA) is 63.3 Å². The average Bonchev–Trinajstić information content (AvgIpc) is 2.48. The first-order chi connectivity index (χ1) is 10.7. The number of hydrogen-bond donors (Lipinski definition) is 2. The number of unbranched alkanes of at least 4 members (excludes halogenated alkanes) is 11. The molecule has 0 aromatic carbocycles. The molecule has 3 nitrogen and oxygen atoms in total. The molecule has 0 aliphatic carbocycles. The lowest BCUT2D eigenvalue weighted by atomic mass is 10.0. The Hall–Kier alpha value is -0.570. The fraction of sp³-hybridized carbons (Fsp3) is 0.947. The third kappa shape index (κ3) is 17.5. The van der Waals surface area contributed by atoms with E-state index in [9.17, 15) is 9.90 Å². The maximum atomic E-state index is 10.6. The molecule has 0 fully saturated rings. The molecule has 0 aliphatic heterocycles. The van der Waals surface area contributed by atoms with E-state index in [0.29, 0.717) is 6.42 Å². The molecule has 0 aromatic heterocycles. The van der Waals surface area contributed by atoms with Gasteiger partial charge >= 0.3 is 0 Å². The van der Waals surface area contributed by atoms with Crippen LogP contribution in [0, 0.1) is 0 Å². The molecule has 0 saturated heterocycles. The Kier molecular flexibility index (Phi) is 16.4. The zero-order chi connectivity index (χ0) is 16.5. The minimum atomic E-state index is -0.203. The molecule has 1 unspecified atom stereocenters. The third-order valence-electron chi connectivity index (χ3n) is 4.35. The number of carbonyl (C=O) groups excluding carboxylic acids is 1. The summed E-state index contributed by atoms with van der Waals surface area (Å²) in [4.78, 5) is 10.6. The zero-order valence-corrected chi connectivity index (χ0v) is 14.8. The second-order valence-electron chi connectivity index (χ2n) is 6.69. The summed E-state index contributed by atoms with van der Waals surface area (Å²) in [7, 11) is 0. The van der Waals surface area contributed by atoms with Crippen LogP contribution in [0.2, 0.25) is 0 Å². The van der Waals surface area contributed by atoms with Crippen molar-refractivity contribution in [2.45, 2.75) is 116 Å². The molecule has 0 aliphatic rings. The highest BCUT2D eigenvalue weighted by Gasteiger charge is 2.04. The fourth-order valence-electron chi connectivity index (χ4n) is 2.87. The van der Waals surface area contributed by atoms with Gasteiger partial charge in [-0.3, -0.25) is 4.79 Å². The van der Waals surface area contributed by atoms with Crippen molar-refractivity contribution in [3.63, 3.8) is 0 Å². The normalized spacial score (nSPS) is 12.5. The van der Waals surface area contributed by atoms with Crippen molar-refractivity contribution < 1.29 is 9.90 Å². The van der Waals surface area contributed by atoms with Crippen LogP contribution in [0.4, 0.5) is 0 Å². The van der Waals surface area contributed by atoms with Crippen molar-refractivity contribution in [1.29, 1.82) is 0 Å². The second-order valence-corrected chi connectivity index (χ2v) is 6.69. The van der Waals surface area contributed by atoms with Gasteiger partial charge in [0.05, 0.1) is 6.10 Å². The van der Waals surface area contributed by atoms with Gasteiger partial charge in [-0.1, -0.05) is 84.0 Å². The van der Waals surface area contributed by atoms with Crippen LogP contribution < -0.4 is 5.73 Å². The van der Waals surface area contributed by atoms with Gasteiger partial charge < -0.3 is 10.8 Å². The van der Waals surface area contributed by atoms with Crippen LogP contribution in [0.3, 0.4) is 0 Å². The molecule has 1 atom stereocenters. The molecule has 0 spiro atoms. The number of carbonyl (C=O) groups is 1. The Bertz CT molecular complexity index is 244. The van der Waals surface area contributed by atoms with Gasteiger partial charge in [0, 0.05) is 6.42 Å². The van der Waals surface area contributed by atoms with E-state index in [1.54, 1.807) is 0 Å².